The molecule has 3 rings (SSSR count). The van der Waals surface area contributed by atoms with Crippen molar-refractivity contribution in [3.63, 3.8) is 0 Å². The van der Waals surface area contributed by atoms with Crippen LogP contribution in [0.1, 0.15) is 43.7 Å². The van der Waals surface area contributed by atoms with Crippen LogP contribution in [0.15, 0.2) is 18.2 Å². The average Bonchev–Trinajstić information content (AvgIpc) is 2.83. The fraction of sp³-hybridized carbons (Fsp3) is 0.579. The minimum absolute atomic E-state index is 0.00829. The molecule has 1 heterocycles. The van der Waals surface area contributed by atoms with Gasteiger partial charge >= 0.3 is 0 Å². The van der Waals surface area contributed by atoms with E-state index in [0.717, 1.165) is 18.6 Å². The molecule has 0 unspecified atom stereocenters. The second kappa shape index (κ2) is 7.69. The number of carbonyl (C=O) groups excluding carboxylic acids is 2. The summed E-state index contributed by atoms with van der Waals surface area (Å²) in [5, 5.41) is 2.80. The van der Waals surface area contributed by atoms with E-state index in [-0.39, 0.29) is 11.8 Å². The van der Waals surface area contributed by atoms with Crippen LogP contribution < -0.4 is 10.1 Å². The van der Waals surface area contributed by atoms with Gasteiger partial charge in [-0.2, -0.15) is 0 Å². The standard InChI is InChI=1S/C19H26N2O3/c1-2-17(19(23)21-11-9-18(22)20-10-12-21)24-16-8-7-14-5-3-4-6-15(14)13-16/h7-8,13,17H,2-6,9-12H2,1H3,(H,20,22)/t17-/m1/s1. The van der Waals surface area contributed by atoms with Crippen LogP contribution in [0.5, 0.6) is 5.75 Å². The van der Waals surface area contributed by atoms with Gasteiger partial charge in [0.2, 0.25) is 5.91 Å². The molecule has 1 saturated heterocycles. The summed E-state index contributed by atoms with van der Waals surface area (Å²) in [5.74, 6) is 0.764. The zero-order chi connectivity index (χ0) is 16.9. The van der Waals surface area contributed by atoms with Crippen LogP contribution in [-0.2, 0) is 22.4 Å². The summed E-state index contributed by atoms with van der Waals surface area (Å²) in [6.45, 7) is 3.49. The van der Waals surface area contributed by atoms with Crippen molar-refractivity contribution in [1.82, 2.24) is 10.2 Å². The normalized spacial score (nSPS) is 19.0. The molecule has 2 aliphatic rings. The Hall–Kier alpha value is -2.04. The molecule has 5 nitrogen and oxygen atoms in total. The molecule has 1 fully saturated rings. The molecule has 2 amide bonds. The number of nitrogens with one attached hydrogen (secondary N) is 1. The molecular weight excluding hydrogens is 304 g/mol. The molecule has 0 bridgehead atoms. The van der Waals surface area contributed by atoms with Gasteiger partial charge in [0.1, 0.15) is 5.75 Å². The molecular formula is C19H26N2O3. The third-order valence-corrected chi connectivity index (χ3v) is 4.87. The van der Waals surface area contributed by atoms with E-state index in [1.807, 2.05) is 13.0 Å². The summed E-state index contributed by atoms with van der Waals surface area (Å²) in [5.41, 5.74) is 2.76. The van der Waals surface area contributed by atoms with Gasteiger partial charge in [-0.05, 0) is 55.4 Å². The summed E-state index contributed by atoms with van der Waals surface area (Å²) < 4.78 is 6.02. The highest BCUT2D eigenvalue weighted by Gasteiger charge is 2.26. The Morgan fingerprint density at radius 2 is 2.00 bits per heavy atom. The zero-order valence-corrected chi connectivity index (χ0v) is 14.3. The first-order valence-corrected chi connectivity index (χ1v) is 9.01. The zero-order valence-electron chi connectivity index (χ0n) is 14.3. The highest BCUT2D eigenvalue weighted by molar-refractivity contribution is 5.83. The van der Waals surface area contributed by atoms with Crippen LogP contribution in [-0.4, -0.2) is 42.5 Å². The quantitative estimate of drug-likeness (QED) is 0.919. The Kier molecular flexibility index (Phi) is 5.38. The number of carbonyl (C=O) groups is 2. The summed E-state index contributed by atoms with van der Waals surface area (Å²) in [6, 6.07) is 6.21. The lowest BCUT2D eigenvalue weighted by atomic mass is 9.92. The second-order valence-corrected chi connectivity index (χ2v) is 6.58. The number of ether oxygens (including phenoxy) is 1. The minimum atomic E-state index is -0.486. The van der Waals surface area contributed by atoms with E-state index in [1.54, 1.807) is 4.90 Å². The highest BCUT2D eigenvalue weighted by atomic mass is 16.5. The summed E-state index contributed by atoms with van der Waals surface area (Å²) in [7, 11) is 0. The average molecular weight is 330 g/mol. The van der Waals surface area contributed by atoms with Gasteiger partial charge in [-0.15, -0.1) is 0 Å². The number of hydrogen-bond acceptors (Lipinski definition) is 3. The van der Waals surface area contributed by atoms with E-state index in [9.17, 15) is 9.59 Å². The topological polar surface area (TPSA) is 58.6 Å². The first-order chi connectivity index (χ1) is 11.7. The lowest BCUT2D eigenvalue weighted by Gasteiger charge is -2.26. The molecule has 1 aromatic carbocycles. The number of amides is 2. The van der Waals surface area contributed by atoms with Crippen molar-refractivity contribution >= 4 is 11.8 Å². The van der Waals surface area contributed by atoms with Crippen LogP contribution in [0, 0.1) is 0 Å². The van der Waals surface area contributed by atoms with E-state index in [4.69, 9.17) is 4.74 Å². The number of benzene rings is 1. The van der Waals surface area contributed by atoms with Crippen LogP contribution in [0.25, 0.3) is 0 Å². The second-order valence-electron chi connectivity index (χ2n) is 6.58. The molecule has 24 heavy (non-hydrogen) atoms. The molecule has 1 aromatic rings. The maximum absolute atomic E-state index is 12.7. The van der Waals surface area contributed by atoms with Gasteiger partial charge in [0.25, 0.3) is 5.91 Å². The lowest BCUT2D eigenvalue weighted by Crippen LogP contribution is -2.43. The van der Waals surface area contributed by atoms with Crippen LogP contribution in [0.4, 0.5) is 0 Å². The van der Waals surface area contributed by atoms with E-state index < -0.39 is 6.10 Å². The van der Waals surface area contributed by atoms with Crippen LogP contribution >= 0.6 is 0 Å². The fourth-order valence-electron chi connectivity index (χ4n) is 3.45. The molecule has 1 aliphatic heterocycles. The number of fused-ring (bicyclic) bond motifs is 1. The van der Waals surface area contributed by atoms with Crippen molar-refractivity contribution in [2.75, 3.05) is 19.6 Å². The molecule has 0 spiro atoms. The molecule has 1 aliphatic carbocycles. The number of rotatable bonds is 4. The van der Waals surface area contributed by atoms with Gasteiger partial charge in [-0.25, -0.2) is 0 Å². The van der Waals surface area contributed by atoms with Gasteiger partial charge < -0.3 is 15.0 Å². The lowest BCUT2D eigenvalue weighted by molar-refractivity contribution is -0.138. The van der Waals surface area contributed by atoms with Crippen molar-refractivity contribution in [3.05, 3.63) is 29.3 Å². The van der Waals surface area contributed by atoms with Gasteiger partial charge in [0.15, 0.2) is 6.10 Å². The van der Waals surface area contributed by atoms with Crippen LogP contribution in [0.3, 0.4) is 0 Å². The third kappa shape index (κ3) is 3.89. The summed E-state index contributed by atoms with van der Waals surface area (Å²) >= 11 is 0. The van der Waals surface area contributed by atoms with E-state index >= 15 is 0 Å². The maximum Gasteiger partial charge on any atom is 0.263 e. The monoisotopic (exact) mass is 330 g/mol. The summed E-state index contributed by atoms with van der Waals surface area (Å²) in [4.78, 5) is 25.9. The van der Waals surface area contributed by atoms with Crippen molar-refractivity contribution in [2.45, 2.75) is 51.6 Å². The van der Waals surface area contributed by atoms with E-state index in [1.165, 1.54) is 24.0 Å². The molecule has 1 N–H and O–H groups in total. The van der Waals surface area contributed by atoms with Crippen LogP contribution in [0.2, 0.25) is 0 Å². The fourth-order valence-corrected chi connectivity index (χ4v) is 3.45. The Labute approximate surface area is 143 Å². The Bertz CT molecular complexity index is 615. The van der Waals surface area contributed by atoms with Gasteiger partial charge in [0, 0.05) is 26.1 Å². The van der Waals surface area contributed by atoms with E-state index in [0.29, 0.717) is 32.5 Å². The van der Waals surface area contributed by atoms with Gasteiger partial charge in [-0.1, -0.05) is 13.0 Å². The van der Waals surface area contributed by atoms with Gasteiger partial charge in [0.05, 0.1) is 0 Å². The predicted molar refractivity (Wildman–Crippen MR) is 92.0 cm³/mol. The molecule has 5 heteroatoms. The third-order valence-electron chi connectivity index (χ3n) is 4.87. The minimum Gasteiger partial charge on any atom is -0.481 e. The molecule has 0 saturated carbocycles. The predicted octanol–water partition coefficient (Wildman–Crippen LogP) is 2.07. The SMILES string of the molecule is CC[C@@H](Oc1ccc2c(c1)CCCC2)C(=O)N1CCNC(=O)CC1. The first kappa shape index (κ1) is 16.8. The van der Waals surface area contributed by atoms with Crippen molar-refractivity contribution in [3.8, 4) is 5.75 Å². The molecule has 0 aromatic heterocycles. The maximum atomic E-state index is 12.7. The largest absolute Gasteiger partial charge is 0.481 e. The Balaban J connectivity index is 1.67. The van der Waals surface area contributed by atoms with Crippen molar-refractivity contribution in [1.29, 1.82) is 0 Å². The number of aryl methyl sites for hydroxylation is 2. The number of nitrogens with zero attached hydrogens (tertiary/aromatic N) is 1. The number of hydrogen-bond donors (Lipinski definition) is 1. The summed E-state index contributed by atoms with van der Waals surface area (Å²) in [6.07, 6.45) is 5.21. The van der Waals surface area contributed by atoms with E-state index in [2.05, 4.69) is 17.4 Å². The Morgan fingerprint density at radius 1 is 1.21 bits per heavy atom. The van der Waals surface area contributed by atoms with Gasteiger partial charge in [-0.3, -0.25) is 9.59 Å². The smallest absolute Gasteiger partial charge is 0.263 e. The van der Waals surface area contributed by atoms with Crippen molar-refractivity contribution < 1.29 is 14.3 Å². The molecule has 130 valence electrons. The highest BCUT2D eigenvalue weighted by Crippen LogP contribution is 2.26. The molecule has 1 atom stereocenters. The Morgan fingerprint density at radius 3 is 2.79 bits per heavy atom. The first-order valence-electron chi connectivity index (χ1n) is 9.01. The van der Waals surface area contributed by atoms with Crippen molar-refractivity contribution in [2.24, 2.45) is 0 Å². The molecule has 0 radical (unpaired) electrons.